The molecule has 150 valence electrons. The zero-order valence-corrected chi connectivity index (χ0v) is 17.7. The minimum absolute atomic E-state index is 0.00444. The lowest BCUT2D eigenvalue weighted by molar-refractivity contribution is -0.116. The first-order valence-electron chi connectivity index (χ1n) is 9.44. The van der Waals surface area contributed by atoms with Crippen LogP contribution < -0.4 is 14.8 Å². The zero-order chi connectivity index (χ0) is 20.6. The van der Waals surface area contributed by atoms with Crippen LogP contribution in [-0.4, -0.2) is 20.1 Å². The first-order valence-corrected chi connectivity index (χ1v) is 10.3. The standard InChI is InChI=1S/C24H25NO3S/c1-17(20-14-13-18(27-2)16-22(20)28-3)15-24(26)25-21-11-7-8-12-23(21)29-19-9-5-4-6-10-19/h4-14,16-17H,15H2,1-3H3,(H,25,26). The summed E-state index contributed by atoms with van der Waals surface area (Å²) < 4.78 is 10.7. The van der Waals surface area contributed by atoms with Crippen molar-refractivity contribution in [2.24, 2.45) is 0 Å². The van der Waals surface area contributed by atoms with Crippen LogP contribution in [0.4, 0.5) is 5.69 Å². The van der Waals surface area contributed by atoms with Gasteiger partial charge < -0.3 is 14.8 Å². The largest absolute Gasteiger partial charge is 0.497 e. The number of amides is 1. The monoisotopic (exact) mass is 407 g/mol. The zero-order valence-electron chi connectivity index (χ0n) is 16.8. The van der Waals surface area contributed by atoms with Gasteiger partial charge in [-0.2, -0.15) is 0 Å². The lowest BCUT2D eigenvalue weighted by atomic mass is 9.96. The van der Waals surface area contributed by atoms with Crippen LogP contribution in [0.5, 0.6) is 11.5 Å². The van der Waals surface area contributed by atoms with E-state index in [0.717, 1.165) is 32.5 Å². The fraction of sp³-hybridized carbons (Fsp3) is 0.208. The van der Waals surface area contributed by atoms with Crippen LogP contribution in [0.3, 0.4) is 0 Å². The highest BCUT2D eigenvalue weighted by Gasteiger charge is 2.17. The van der Waals surface area contributed by atoms with E-state index in [1.807, 2.05) is 67.6 Å². The molecule has 1 atom stereocenters. The average Bonchev–Trinajstić information content (AvgIpc) is 2.75. The van der Waals surface area contributed by atoms with Gasteiger partial charge in [0, 0.05) is 22.3 Å². The molecule has 0 aliphatic rings. The SMILES string of the molecule is COc1ccc(C(C)CC(=O)Nc2ccccc2Sc2ccccc2)c(OC)c1. The molecule has 3 aromatic rings. The number of carbonyl (C=O) groups is 1. The topological polar surface area (TPSA) is 47.6 Å². The summed E-state index contributed by atoms with van der Waals surface area (Å²) in [4.78, 5) is 14.9. The Bertz CT molecular complexity index is 959. The number of anilines is 1. The smallest absolute Gasteiger partial charge is 0.225 e. The summed E-state index contributed by atoms with van der Waals surface area (Å²) in [6.07, 6.45) is 0.354. The third-order valence-corrected chi connectivity index (χ3v) is 5.68. The van der Waals surface area contributed by atoms with Gasteiger partial charge in [-0.05, 0) is 41.8 Å². The van der Waals surface area contributed by atoms with Crippen molar-refractivity contribution in [2.75, 3.05) is 19.5 Å². The Kier molecular flexibility index (Phi) is 7.19. The number of carbonyl (C=O) groups excluding carboxylic acids is 1. The molecule has 0 spiro atoms. The van der Waals surface area contributed by atoms with Crippen molar-refractivity contribution >= 4 is 23.4 Å². The number of hydrogen-bond acceptors (Lipinski definition) is 4. The molecule has 0 saturated heterocycles. The molecule has 5 heteroatoms. The molecular weight excluding hydrogens is 382 g/mol. The molecule has 29 heavy (non-hydrogen) atoms. The molecule has 0 bridgehead atoms. The molecule has 4 nitrogen and oxygen atoms in total. The lowest BCUT2D eigenvalue weighted by Crippen LogP contribution is -2.15. The summed E-state index contributed by atoms with van der Waals surface area (Å²) in [7, 11) is 3.25. The minimum atomic E-state index is -0.0310. The first-order chi connectivity index (χ1) is 14.1. The summed E-state index contributed by atoms with van der Waals surface area (Å²) in [5.74, 6) is 1.43. The number of hydrogen-bond donors (Lipinski definition) is 1. The highest BCUT2D eigenvalue weighted by molar-refractivity contribution is 7.99. The Labute approximate surface area is 176 Å². The van der Waals surface area contributed by atoms with Crippen LogP contribution in [0, 0.1) is 0 Å². The predicted octanol–water partition coefficient (Wildman–Crippen LogP) is 5.99. The van der Waals surface area contributed by atoms with Gasteiger partial charge in [-0.1, -0.05) is 55.1 Å². The average molecular weight is 408 g/mol. The van der Waals surface area contributed by atoms with Crippen molar-refractivity contribution in [3.8, 4) is 11.5 Å². The van der Waals surface area contributed by atoms with E-state index in [-0.39, 0.29) is 11.8 Å². The van der Waals surface area contributed by atoms with E-state index in [1.165, 1.54) is 0 Å². The van der Waals surface area contributed by atoms with E-state index < -0.39 is 0 Å². The first kappa shape index (κ1) is 20.8. The normalized spacial score (nSPS) is 11.6. The predicted molar refractivity (Wildman–Crippen MR) is 118 cm³/mol. The van der Waals surface area contributed by atoms with Crippen LogP contribution in [-0.2, 0) is 4.79 Å². The molecule has 1 unspecified atom stereocenters. The molecule has 1 N–H and O–H groups in total. The molecule has 0 heterocycles. The maximum Gasteiger partial charge on any atom is 0.225 e. The Morgan fingerprint density at radius 1 is 0.966 bits per heavy atom. The van der Waals surface area contributed by atoms with E-state index in [4.69, 9.17) is 9.47 Å². The maximum absolute atomic E-state index is 12.7. The third kappa shape index (κ3) is 5.55. The van der Waals surface area contributed by atoms with E-state index >= 15 is 0 Å². The van der Waals surface area contributed by atoms with Crippen LogP contribution in [0.2, 0.25) is 0 Å². The summed E-state index contributed by atoms with van der Waals surface area (Å²) >= 11 is 1.63. The number of benzene rings is 3. The van der Waals surface area contributed by atoms with E-state index in [0.29, 0.717) is 6.42 Å². The van der Waals surface area contributed by atoms with Gasteiger partial charge in [0.15, 0.2) is 0 Å². The van der Waals surface area contributed by atoms with E-state index in [1.54, 1.807) is 26.0 Å². The second-order valence-corrected chi connectivity index (χ2v) is 7.79. The Balaban J connectivity index is 1.70. The van der Waals surface area contributed by atoms with Crippen LogP contribution in [0.1, 0.15) is 24.8 Å². The van der Waals surface area contributed by atoms with Crippen molar-refractivity contribution < 1.29 is 14.3 Å². The van der Waals surface area contributed by atoms with Crippen molar-refractivity contribution in [1.82, 2.24) is 0 Å². The second kappa shape index (κ2) is 10.0. The van der Waals surface area contributed by atoms with Gasteiger partial charge in [0.1, 0.15) is 11.5 Å². The fourth-order valence-corrected chi connectivity index (χ4v) is 4.01. The molecular formula is C24H25NO3S. The summed E-state index contributed by atoms with van der Waals surface area (Å²) in [5.41, 5.74) is 1.80. The van der Waals surface area contributed by atoms with Crippen LogP contribution in [0.25, 0.3) is 0 Å². The fourth-order valence-electron chi connectivity index (χ4n) is 3.09. The Morgan fingerprint density at radius 2 is 1.69 bits per heavy atom. The molecule has 1 amide bonds. The van der Waals surface area contributed by atoms with Crippen molar-refractivity contribution in [2.45, 2.75) is 29.1 Å². The van der Waals surface area contributed by atoms with Crippen LogP contribution in [0.15, 0.2) is 82.6 Å². The molecule has 0 radical (unpaired) electrons. The van der Waals surface area contributed by atoms with Gasteiger partial charge in [-0.3, -0.25) is 4.79 Å². The number of para-hydroxylation sites is 1. The van der Waals surface area contributed by atoms with Gasteiger partial charge in [-0.15, -0.1) is 0 Å². The number of rotatable bonds is 8. The van der Waals surface area contributed by atoms with Gasteiger partial charge >= 0.3 is 0 Å². The number of methoxy groups -OCH3 is 2. The van der Waals surface area contributed by atoms with Gasteiger partial charge in [0.05, 0.1) is 19.9 Å². The molecule has 0 aliphatic heterocycles. The van der Waals surface area contributed by atoms with Crippen molar-refractivity contribution in [3.05, 3.63) is 78.4 Å². The number of ether oxygens (including phenoxy) is 2. The molecule has 0 fully saturated rings. The summed E-state index contributed by atoms with van der Waals surface area (Å²) in [5, 5.41) is 3.07. The summed E-state index contributed by atoms with van der Waals surface area (Å²) in [6, 6.07) is 23.7. The highest BCUT2D eigenvalue weighted by atomic mass is 32.2. The molecule has 0 aromatic heterocycles. The van der Waals surface area contributed by atoms with Crippen LogP contribution >= 0.6 is 11.8 Å². The lowest BCUT2D eigenvalue weighted by Gasteiger charge is -2.17. The van der Waals surface area contributed by atoms with Crippen molar-refractivity contribution in [1.29, 1.82) is 0 Å². The maximum atomic E-state index is 12.7. The quantitative estimate of drug-likeness (QED) is 0.498. The Morgan fingerprint density at radius 3 is 2.41 bits per heavy atom. The molecule has 3 aromatic carbocycles. The molecule has 0 saturated carbocycles. The van der Waals surface area contributed by atoms with Gasteiger partial charge in [0.2, 0.25) is 5.91 Å². The third-order valence-electron chi connectivity index (χ3n) is 4.60. The van der Waals surface area contributed by atoms with Crippen molar-refractivity contribution in [3.63, 3.8) is 0 Å². The van der Waals surface area contributed by atoms with E-state index in [2.05, 4.69) is 17.4 Å². The highest BCUT2D eigenvalue weighted by Crippen LogP contribution is 2.35. The summed E-state index contributed by atoms with van der Waals surface area (Å²) in [6.45, 7) is 2.02. The minimum Gasteiger partial charge on any atom is -0.497 e. The van der Waals surface area contributed by atoms with Gasteiger partial charge in [-0.25, -0.2) is 0 Å². The number of nitrogens with one attached hydrogen (secondary N) is 1. The van der Waals surface area contributed by atoms with Gasteiger partial charge in [0.25, 0.3) is 0 Å². The Hall–Kier alpha value is -2.92. The second-order valence-electron chi connectivity index (χ2n) is 6.67. The van der Waals surface area contributed by atoms with E-state index in [9.17, 15) is 4.79 Å². The molecule has 3 rings (SSSR count). The molecule has 0 aliphatic carbocycles.